The molecule has 0 spiro atoms. The van der Waals surface area contributed by atoms with E-state index < -0.39 is 0 Å². The highest BCUT2D eigenvalue weighted by Gasteiger charge is 2.06. The van der Waals surface area contributed by atoms with Crippen LogP contribution in [-0.2, 0) is 0 Å². The fraction of sp³-hybridized carbons (Fsp3) is 0.125. The lowest BCUT2D eigenvalue weighted by molar-refractivity contribution is 1.27. The Morgan fingerprint density at radius 2 is 2.42 bits per heavy atom. The fourth-order valence-electron chi connectivity index (χ4n) is 0.958. The van der Waals surface area contributed by atoms with Crippen molar-refractivity contribution in [1.82, 2.24) is 9.97 Å². The number of H-pyrrole nitrogens is 1. The third-order valence-corrected chi connectivity index (χ3v) is 3.08. The van der Waals surface area contributed by atoms with Crippen molar-refractivity contribution in [3.63, 3.8) is 0 Å². The van der Waals surface area contributed by atoms with E-state index in [1.54, 1.807) is 0 Å². The van der Waals surface area contributed by atoms with Gasteiger partial charge in [0.05, 0.1) is 5.69 Å². The van der Waals surface area contributed by atoms with Crippen molar-refractivity contribution in [1.29, 1.82) is 0 Å². The van der Waals surface area contributed by atoms with Gasteiger partial charge >= 0.3 is 0 Å². The monoisotopic (exact) mass is 198 g/mol. The van der Waals surface area contributed by atoms with Gasteiger partial charge in [0, 0.05) is 18.0 Å². The number of halogens is 1. The van der Waals surface area contributed by atoms with Gasteiger partial charge in [0.1, 0.15) is 9.34 Å². The van der Waals surface area contributed by atoms with E-state index in [4.69, 9.17) is 11.6 Å². The number of aromatic nitrogens is 2. The summed E-state index contributed by atoms with van der Waals surface area (Å²) < 4.78 is 0.770. The summed E-state index contributed by atoms with van der Waals surface area (Å²) in [5.74, 6) is 0. The first-order chi connectivity index (χ1) is 5.77. The molecule has 0 atom stereocenters. The molecule has 0 amide bonds. The van der Waals surface area contributed by atoms with Gasteiger partial charge in [0.15, 0.2) is 0 Å². The Hall–Kier alpha value is -0.800. The van der Waals surface area contributed by atoms with Crippen LogP contribution in [0.3, 0.4) is 0 Å². The van der Waals surface area contributed by atoms with Crippen LogP contribution < -0.4 is 0 Å². The maximum Gasteiger partial charge on any atom is 0.126 e. The molecule has 12 heavy (non-hydrogen) atoms. The van der Waals surface area contributed by atoms with Crippen molar-refractivity contribution in [2.75, 3.05) is 0 Å². The van der Waals surface area contributed by atoms with Crippen molar-refractivity contribution >= 4 is 22.9 Å². The van der Waals surface area contributed by atoms with Crippen LogP contribution in [0, 0.1) is 6.92 Å². The summed E-state index contributed by atoms with van der Waals surface area (Å²) in [5.41, 5.74) is 1.99. The predicted octanol–water partition coefficient (Wildman–Crippen LogP) is 3.10. The Labute approximate surface area is 79.2 Å². The summed E-state index contributed by atoms with van der Waals surface area (Å²) in [7, 11) is 0. The van der Waals surface area contributed by atoms with Gasteiger partial charge in [-0.15, -0.1) is 11.3 Å². The SMILES string of the molecule is Cc1nc(-c2cc[nH]c2)sc1Cl. The molecular weight excluding hydrogens is 192 g/mol. The number of aromatic amines is 1. The molecule has 62 valence electrons. The molecular formula is C8H7ClN2S. The van der Waals surface area contributed by atoms with Gasteiger partial charge in [0.2, 0.25) is 0 Å². The lowest BCUT2D eigenvalue weighted by Crippen LogP contribution is -1.72. The number of rotatable bonds is 1. The molecule has 0 radical (unpaired) electrons. The van der Waals surface area contributed by atoms with Crippen LogP contribution in [0.1, 0.15) is 5.69 Å². The van der Waals surface area contributed by atoms with E-state index in [0.29, 0.717) is 0 Å². The predicted molar refractivity (Wildman–Crippen MR) is 51.6 cm³/mol. The highest BCUT2D eigenvalue weighted by atomic mass is 35.5. The second-order valence-electron chi connectivity index (χ2n) is 2.48. The largest absolute Gasteiger partial charge is 0.367 e. The highest BCUT2D eigenvalue weighted by Crippen LogP contribution is 2.30. The Morgan fingerprint density at radius 3 is 2.92 bits per heavy atom. The number of nitrogens with one attached hydrogen (secondary N) is 1. The molecule has 0 aliphatic heterocycles. The molecule has 0 saturated heterocycles. The molecule has 4 heteroatoms. The van der Waals surface area contributed by atoms with Gasteiger partial charge in [-0.25, -0.2) is 4.98 Å². The molecule has 2 aromatic rings. The molecule has 0 aromatic carbocycles. The molecule has 2 rings (SSSR count). The first-order valence-corrected chi connectivity index (χ1v) is 4.73. The first kappa shape index (κ1) is 7.83. The molecule has 0 aliphatic rings. The van der Waals surface area contributed by atoms with E-state index in [1.807, 2.05) is 25.4 Å². The van der Waals surface area contributed by atoms with Crippen molar-refractivity contribution in [2.24, 2.45) is 0 Å². The van der Waals surface area contributed by atoms with Crippen molar-refractivity contribution in [3.8, 4) is 10.6 Å². The second-order valence-corrected chi connectivity index (χ2v) is 4.08. The zero-order chi connectivity index (χ0) is 8.55. The van der Waals surface area contributed by atoms with E-state index in [9.17, 15) is 0 Å². The maximum absolute atomic E-state index is 5.89. The van der Waals surface area contributed by atoms with E-state index in [1.165, 1.54) is 11.3 Å². The van der Waals surface area contributed by atoms with E-state index in [-0.39, 0.29) is 0 Å². The zero-order valence-corrected chi connectivity index (χ0v) is 8.04. The summed E-state index contributed by atoms with van der Waals surface area (Å²) in [6, 6.07) is 1.98. The van der Waals surface area contributed by atoms with Gasteiger partial charge in [-0.3, -0.25) is 0 Å². The average Bonchev–Trinajstić information content (AvgIpc) is 2.61. The fourth-order valence-corrected chi connectivity index (χ4v) is 2.01. The lowest BCUT2D eigenvalue weighted by atomic mass is 10.4. The molecule has 2 aromatic heterocycles. The summed E-state index contributed by atoms with van der Waals surface area (Å²) in [5, 5.41) is 0.971. The highest BCUT2D eigenvalue weighted by molar-refractivity contribution is 7.19. The van der Waals surface area contributed by atoms with Gasteiger partial charge < -0.3 is 4.98 Å². The molecule has 0 aliphatic carbocycles. The van der Waals surface area contributed by atoms with E-state index >= 15 is 0 Å². The number of thiazole rings is 1. The minimum Gasteiger partial charge on any atom is -0.367 e. The number of aryl methyl sites for hydroxylation is 1. The summed E-state index contributed by atoms with van der Waals surface area (Å²) >= 11 is 7.40. The molecule has 2 nitrogen and oxygen atoms in total. The molecule has 1 N–H and O–H groups in total. The van der Waals surface area contributed by atoms with E-state index in [0.717, 1.165) is 20.6 Å². The first-order valence-electron chi connectivity index (χ1n) is 3.53. The topological polar surface area (TPSA) is 28.7 Å². The Bertz CT molecular complexity index is 358. The van der Waals surface area contributed by atoms with Crippen LogP contribution in [0.2, 0.25) is 4.34 Å². The molecule has 0 unspecified atom stereocenters. The van der Waals surface area contributed by atoms with Crippen LogP contribution in [0.4, 0.5) is 0 Å². The average molecular weight is 199 g/mol. The maximum atomic E-state index is 5.89. The number of nitrogens with zero attached hydrogens (tertiary/aromatic N) is 1. The molecule has 0 bridgehead atoms. The van der Waals surface area contributed by atoms with Crippen LogP contribution in [0.5, 0.6) is 0 Å². The van der Waals surface area contributed by atoms with Crippen LogP contribution in [0.15, 0.2) is 18.5 Å². The van der Waals surface area contributed by atoms with Gasteiger partial charge in [-0.2, -0.15) is 0 Å². The number of hydrogen-bond acceptors (Lipinski definition) is 2. The van der Waals surface area contributed by atoms with E-state index in [2.05, 4.69) is 9.97 Å². The van der Waals surface area contributed by atoms with Gasteiger partial charge in [0.25, 0.3) is 0 Å². The second kappa shape index (κ2) is 2.92. The minimum atomic E-state index is 0.770. The summed E-state index contributed by atoms with van der Waals surface area (Å²) in [4.78, 5) is 7.30. The summed E-state index contributed by atoms with van der Waals surface area (Å²) in [6.07, 6.45) is 3.79. The normalized spacial score (nSPS) is 10.5. The van der Waals surface area contributed by atoms with Crippen LogP contribution in [0.25, 0.3) is 10.6 Å². The Kier molecular flexibility index (Phi) is 1.90. The zero-order valence-electron chi connectivity index (χ0n) is 6.47. The summed E-state index contributed by atoms with van der Waals surface area (Å²) in [6.45, 7) is 1.91. The third kappa shape index (κ3) is 1.26. The molecule has 0 saturated carbocycles. The third-order valence-electron chi connectivity index (χ3n) is 1.58. The van der Waals surface area contributed by atoms with Crippen LogP contribution >= 0.6 is 22.9 Å². The van der Waals surface area contributed by atoms with Crippen molar-refractivity contribution in [3.05, 3.63) is 28.5 Å². The Morgan fingerprint density at radius 1 is 1.58 bits per heavy atom. The van der Waals surface area contributed by atoms with Crippen molar-refractivity contribution in [2.45, 2.75) is 6.92 Å². The minimum absolute atomic E-state index is 0.770. The van der Waals surface area contributed by atoms with Crippen LogP contribution in [-0.4, -0.2) is 9.97 Å². The van der Waals surface area contributed by atoms with Crippen molar-refractivity contribution < 1.29 is 0 Å². The lowest BCUT2D eigenvalue weighted by Gasteiger charge is -1.84. The van der Waals surface area contributed by atoms with Gasteiger partial charge in [-0.1, -0.05) is 11.6 Å². The quantitative estimate of drug-likeness (QED) is 0.750. The Balaban J connectivity index is 2.48. The molecule has 2 heterocycles. The standard InChI is InChI=1S/C8H7ClN2S/c1-5-7(9)12-8(11-5)6-2-3-10-4-6/h2-4,10H,1H3. The smallest absolute Gasteiger partial charge is 0.126 e. The molecule has 0 fully saturated rings. The van der Waals surface area contributed by atoms with Gasteiger partial charge in [-0.05, 0) is 13.0 Å². The number of hydrogen-bond donors (Lipinski definition) is 1.